The van der Waals surface area contributed by atoms with E-state index in [2.05, 4.69) is 22.9 Å². The average molecular weight is 285 g/mol. The van der Waals surface area contributed by atoms with Gasteiger partial charge in [-0.05, 0) is 32.1 Å². The van der Waals surface area contributed by atoms with Gasteiger partial charge in [-0.25, -0.2) is 8.42 Å². The van der Waals surface area contributed by atoms with E-state index in [4.69, 9.17) is 0 Å². The van der Waals surface area contributed by atoms with Crippen LogP contribution in [-0.4, -0.2) is 24.8 Å². The molecule has 0 spiro atoms. The summed E-state index contributed by atoms with van der Waals surface area (Å²) in [5, 5.41) is 0.774. The molecule has 4 heteroatoms. The van der Waals surface area contributed by atoms with Crippen LogP contribution in [-0.2, 0) is 9.84 Å². The van der Waals surface area contributed by atoms with Crippen LogP contribution in [0.2, 0.25) is 0 Å². The van der Waals surface area contributed by atoms with Crippen molar-refractivity contribution < 1.29 is 8.42 Å². The molecule has 0 aromatic carbocycles. The zero-order valence-electron chi connectivity index (χ0n) is 9.29. The summed E-state index contributed by atoms with van der Waals surface area (Å²) in [6, 6.07) is 0. The zero-order chi connectivity index (χ0) is 11.2. The fourth-order valence-electron chi connectivity index (χ4n) is 1.15. The molecule has 0 aromatic rings. The SMILES string of the molecule is CCC(C)S(=O)(=O)CCC(C)CCBr. The van der Waals surface area contributed by atoms with Gasteiger partial charge in [-0.2, -0.15) is 0 Å². The van der Waals surface area contributed by atoms with E-state index >= 15 is 0 Å². The lowest BCUT2D eigenvalue weighted by Crippen LogP contribution is -2.21. The number of hydrogen-bond donors (Lipinski definition) is 0. The Kier molecular flexibility index (Phi) is 7.04. The van der Waals surface area contributed by atoms with Crippen molar-refractivity contribution in [2.24, 2.45) is 5.92 Å². The summed E-state index contributed by atoms with van der Waals surface area (Å²) in [5.41, 5.74) is 0. The maximum atomic E-state index is 11.7. The average Bonchev–Trinajstić information content (AvgIpc) is 2.14. The van der Waals surface area contributed by atoms with E-state index in [0.29, 0.717) is 11.7 Å². The van der Waals surface area contributed by atoms with E-state index in [1.54, 1.807) is 6.92 Å². The van der Waals surface area contributed by atoms with Crippen LogP contribution in [0.25, 0.3) is 0 Å². The molecular formula is C10H21BrO2S. The summed E-state index contributed by atoms with van der Waals surface area (Å²) >= 11 is 3.36. The van der Waals surface area contributed by atoms with Gasteiger partial charge in [-0.15, -0.1) is 0 Å². The minimum atomic E-state index is -2.84. The predicted octanol–water partition coefficient (Wildman–Crippen LogP) is 3.01. The van der Waals surface area contributed by atoms with Gasteiger partial charge >= 0.3 is 0 Å². The van der Waals surface area contributed by atoms with E-state index in [9.17, 15) is 8.42 Å². The van der Waals surface area contributed by atoms with Crippen molar-refractivity contribution >= 4 is 25.8 Å². The first-order chi connectivity index (χ1) is 6.44. The Bertz CT molecular complexity index is 237. The Morgan fingerprint density at radius 3 is 2.21 bits per heavy atom. The lowest BCUT2D eigenvalue weighted by atomic mass is 10.1. The van der Waals surface area contributed by atoms with Gasteiger partial charge in [0.05, 0.1) is 11.0 Å². The van der Waals surface area contributed by atoms with Gasteiger partial charge in [0, 0.05) is 5.33 Å². The van der Waals surface area contributed by atoms with Gasteiger partial charge in [0.2, 0.25) is 0 Å². The van der Waals surface area contributed by atoms with Crippen molar-refractivity contribution in [3.63, 3.8) is 0 Å². The van der Waals surface area contributed by atoms with Crippen LogP contribution in [0.1, 0.15) is 40.0 Å². The lowest BCUT2D eigenvalue weighted by Gasteiger charge is -2.13. The van der Waals surface area contributed by atoms with Gasteiger partial charge in [0.25, 0.3) is 0 Å². The highest BCUT2D eigenvalue weighted by Crippen LogP contribution is 2.14. The summed E-state index contributed by atoms with van der Waals surface area (Å²) in [7, 11) is -2.84. The number of hydrogen-bond acceptors (Lipinski definition) is 2. The Labute approximate surface area is 96.5 Å². The third kappa shape index (κ3) is 5.35. The van der Waals surface area contributed by atoms with Crippen LogP contribution in [0.5, 0.6) is 0 Å². The van der Waals surface area contributed by atoms with Gasteiger partial charge < -0.3 is 0 Å². The number of halogens is 1. The topological polar surface area (TPSA) is 34.1 Å². The fraction of sp³-hybridized carbons (Fsp3) is 1.00. The fourth-order valence-corrected chi connectivity index (χ4v) is 3.57. The Balaban J connectivity index is 4.00. The standard InChI is InChI=1S/C10H21BrO2S/c1-4-10(3)14(12,13)8-6-9(2)5-7-11/h9-10H,4-8H2,1-3H3. The van der Waals surface area contributed by atoms with Crippen LogP contribution >= 0.6 is 15.9 Å². The first-order valence-corrected chi connectivity index (χ1v) is 8.05. The minimum Gasteiger partial charge on any atom is -0.229 e. The monoisotopic (exact) mass is 284 g/mol. The maximum Gasteiger partial charge on any atom is 0.152 e. The smallest absolute Gasteiger partial charge is 0.152 e. The molecule has 2 atom stereocenters. The van der Waals surface area contributed by atoms with Crippen LogP contribution in [0, 0.1) is 5.92 Å². The molecule has 86 valence electrons. The van der Waals surface area contributed by atoms with E-state index in [1.165, 1.54) is 0 Å². The number of sulfone groups is 1. The second-order valence-electron chi connectivity index (χ2n) is 3.96. The number of alkyl halides is 1. The molecule has 0 aliphatic rings. The van der Waals surface area contributed by atoms with E-state index < -0.39 is 9.84 Å². The molecule has 0 N–H and O–H groups in total. The molecule has 0 aliphatic carbocycles. The zero-order valence-corrected chi connectivity index (χ0v) is 11.7. The Morgan fingerprint density at radius 1 is 1.21 bits per heavy atom. The first kappa shape index (κ1) is 14.4. The molecule has 14 heavy (non-hydrogen) atoms. The summed E-state index contributed by atoms with van der Waals surface area (Å²) in [6.45, 7) is 5.82. The molecule has 0 bridgehead atoms. The summed E-state index contributed by atoms with van der Waals surface area (Å²) in [6.07, 6.45) is 2.56. The Hall–Kier alpha value is 0.430. The second kappa shape index (κ2) is 6.83. The highest BCUT2D eigenvalue weighted by Gasteiger charge is 2.19. The van der Waals surface area contributed by atoms with Gasteiger partial charge in [-0.3, -0.25) is 0 Å². The third-order valence-electron chi connectivity index (χ3n) is 2.69. The summed E-state index contributed by atoms with van der Waals surface area (Å²) in [5.74, 6) is 0.837. The molecular weight excluding hydrogens is 264 g/mol. The molecule has 0 aromatic heterocycles. The van der Waals surface area contributed by atoms with Crippen molar-refractivity contribution in [1.82, 2.24) is 0 Å². The molecule has 0 rings (SSSR count). The van der Waals surface area contributed by atoms with Gasteiger partial charge in [0.1, 0.15) is 0 Å². The highest BCUT2D eigenvalue weighted by molar-refractivity contribution is 9.09. The molecule has 0 radical (unpaired) electrons. The molecule has 0 heterocycles. The Morgan fingerprint density at radius 2 is 1.79 bits per heavy atom. The van der Waals surface area contributed by atoms with Crippen molar-refractivity contribution in [3.05, 3.63) is 0 Å². The molecule has 0 aliphatic heterocycles. The van der Waals surface area contributed by atoms with Crippen molar-refractivity contribution in [1.29, 1.82) is 0 Å². The van der Waals surface area contributed by atoms with Gasteiger partial charge in [0.15, 0.2) is 9.84 Å². The van der Waals surface area contributed by atoms with Crippen LogP contribution in [0.15, 0.2) is 0 Å². The van der Waals surface area contributed by atoms with Crippen LogP contribution < -0.4 is 0 Å². The quantitative estimate of drug-likeness (QED) is 0.674. The molecule has 0 saturated carbocycles. The maximum absolute atomic E-state index is 11.7. The molecule has 2 unspecified atom stereocenters. The molecule has 0 amide bonds. The highest BCUT2D eigenvalue weighted by atomic mass is 79.9. The molecule has 2 nitrogen and oxygen atoms in total. The van der Waals surface area contributed by atoms with Crippen molar-refractivity contribution in [3.8, 4) is 0 Å². The summed E-state index contributed by atoms with van der Waals surface area (Å²) in [4.78, 5) is 0. The molecule has 0 fully saturated rings. The first-order valence-electron chi connectivity index (χ1n) is 5.21. The van der Waals surface area contributed by atoms with E-state index in [0.717, 1.165) is 24.6 Å². The lowest BCUT2D eigenvalue weighted by molar-refractivity contribution is 0.531. The van der Waals surface area contributed by atoms with E-state index in [1.807, 2.05) is 6.92 Å². The van der Waals surface area contributed by atoms with Crippen LogP contribution in [0.4, 0.5) is 0 Å². The minimum absolute atomic E-state index is 0.182. The normalized spacial score (nSPS) is 16.6. The largest absolute Gasteiger partial charge is 0.229 e. The second-order valence-corrected chi connectivity index (χ2v) is 7.29. The predicted molar refractivity (Wildman–Crippen MR) is 65.7 cm³/mol. The van der Waals surface area contributed by atoms with E-state index in [-0.39, 0.29) is 5.25 Å². The third-order valence-corrected chi connectivity index (χ3v) is 5.51. The molecule has 0 saturated heterocycles. The summed E-state index contributed by atoms with van der Waals surface area (Å²) < 4.78 is 23.3. The van der Waals surface area contributed by atoms with Crippen molar-refractivity contribution in [2.75, 3.05) is 11.1 Å². The van der Waals surface area contributed by atoms with Gasteiger partial charge in [-0.1, -0.05) is 29.8 Å². The number of rotatable bonds is 7. The van der Waals surface area contributed by atoms with Crippen molar-refractivity contribution in [2.45, 2.75) is 45.3 Å². The van der Waals surface area contributed by atoms with Crippen LogP contribution in [0.3, 0.4) is 0 Å².